The second kappa shape index (κ2) is 4.84. The molecule has 0 radical (unpaired) electrons. The molecule has 1 rings (SSSR count). The first kappa shape index (κ1) is 11.6. The highest BCUT2D eigenvalue weighted by molar-refractivity contribution is 7.98. The highest BCUT2D eigenvalue weighted by Gasteiger charge is 2.11. The molecule has 1 aromatic carbocycles. The standard InChI is InChI=1S/C10H10O4S/c1-6(11)14-7-3-4-9(15-2)8(5-7)10(12)13/h3-5H,1-2H3,(H,12,13). The first-order valence-electron chi connectivity index (χ1n) is 4.14. The molecule has 0 fully saturated rings. The summed E-state index contributed by atoms with van der Waals surface area (Å²) in [6, 6.07) is 4.53. The van der Waals surface area contributed by atoms with Crippen molar-refractivity contribution in [3.8, 4) is 5.75 Å². The SMILES string of the molecule is CSc1ccc(OC(C)=O)cc1C(=O)O. The number of aromatic carboxylic acids is 1. The Morgan fingerprint density at radius 2 is 2.07 bits per heavy atom. The van der Waals surface area contributed by atoms with Crippen molar-refractivity contribution < 1.29 is 19.4 Å². The predicted octanol–water partition coefficient (Wildman–Crippen LogP) is 2.03. The van der Waals surface area contributed by atoms with Gasteiger partial charge in [0.05, 0.1) is 5.56 Å². The molecule has 15 heavy (non-hydrogen) atoms. The Hall–Kier alpha value is -1.49. The summed E-state index contributed by atoms with van der Waals surface area (Å²) in [4.78, 5) is 22.2. The fourth-order valence-electron chi connectivity index (χ4n) is 1.08. The van der Waals surface area contributed by atoms with E-state index in [-0.39, 0.29) is 11.3 Å². The third-order valence-electron chi connectivity index (χ3n) is 1.66. The summed E-state index contributed by atoms with van der Waals surface area (Å²) in [7, 11) is 0. The zero-order chi connectivity index (χ0) is 11.4. The van der Waals surface area contributed by atoms with Crippen molar-refractivity contribution in [3.63, 3.8) is 0 Å². The number of rotatable bonds is 3. The van der Waals surface area contributed by atoms with E-state index in [2.05, 4.69) is 0 Å². The Kier molecular flexibility index (Phi) is 3.74. The minimum atomic E-state index is -1.03. The number of carbonyl (C=O) groups excluding carboxylic acids is 1. The lowest BCUT2D eigenvalue weighted by Gasteiger charge is -2.05. The van der Waals surface area contributed by atoms with E-state index in [1.807, 2.05) is 0 Å². The summed E-state index contributed by atoms with van der Waals surface area (Å²) in [5, 5.41) is 8.90. The van der Waals surface area contributed by atoms with Crippen LogP contribution < -0.4 is 4.74 Å². The van der Waals surface area contributed by atoms with Gasteiger partial charge in [0, 0.05) is 11.8 Å². The second-order valence-electron chi connectivity index (χ2n) is 2.76. The van der Waals surface area contributed by atoms with Crippen molar-refractivity contribution in [2.45, 2.75) is 11.8 Å². The normalized spacial score (nSPS) is 9.73. The van der Waals surface area contributed by atoms with E-state index in [0.717, 1.165) is 0 Å². The van der Waals surface area contributed by atoms with Crippen LogP contribution in [0.1, 0.15) is 17.3 Å². The molecule has 4 nitrogen and oxygen atoms in total. The molecule has 0 saturated carbocycles. The van der Waals surface area contributed by atoms with Crippen LogP contribution in [-0.2, 0) is 4.79 Å². The van der Waals surface area contributed by atoms with Gasteiger partial charge in [-0.15, -0.1) is 11.8 Å². The number of esters is 1. The maximum Gasteiger partial charge on any atom is 0.336 e. The lowest BCUT2D eigenvalue weighted by atomic mass is 10.2. The first-order valence-corrected chi connectivity index (χ1v) is 5.37. The number of benzene rings is 1. The van der Waals surface area contributed by atoms with E-state index in [9.17, 15) is 9.59 Å². The molecule has 0 aliphatic heterocycles. The van der Waals surface area contributed by atoms with Gasteiger partial charge in [-0.05, 0) is 24.5 Å². The molecular formula is C10H10O4S. The number of hydrogen-bond acceptors (Lipinski definition) is 4. The summed E-state index contributed by atoms with van der Waals surface area (Å²) in [6.45, 7) is 1.27. The van der Waals surface area contributed by atoms with Gasteiger partial charge in [0.15, 0.2) is 0 Å². The summed E-state index contributed by atoms with van der Waals surface area (Å²) < 4.78 is 4.79. The van der Waals surface area contributed by atoms with Crippen LogP contribution in [0.5, 0.6) is 5.75 Å². The Morgan fingerprint density at radius 1 is 1.40 bits per heavy atom. The zero-order valence-electron chi connectivity index (χ0n) is 8.31. The highest BCUT2D eigenvalue weighted by atomic mass is 32.2. The Labute approximate surface area is 91.2 Å². The molecule has 5 heteroatoms. The molecule has 0 spiro atoms. The van der Waals surface area contributed by atoms with Crippen LogP contribution in [0.15, 0.2) is 23.1 Å². The number of carboxylic acids is 1. The van der Waals surface area contributed by atoms with Gasteiger partial charge < -0.3 is 9.84 Å². The lowest BCUT2D eigenvalue weighted by Crippen LogP contribution is -2.04. The fourth-order valence-corrected chi connectivity index (χ4v) is 1.65. The predicted molar refractivity (Wildman–Crippen MR) is 56.5 cm³/mol. The van der Waals surface area contributed by atoms with E-state index in [4.69, 9.17) is 9.84 Å². The van der Waals surface area contributed by atoms with Crippen molar-refractivity contribution in [1.82, 2.24) is 0 Å². The van der Waals surface area contributed by atoms with Gasteiger partial charge in [0.2, 0.25) is 0 Å². The maximum atomic E-state index is 10.9. The average molecular weight is 226 g/mol. The number of carboxylic acid groups (broad SMARTS) is 1. The van der Waals surface area contributed by atoms with Crippen LogP contribution in [0.4, 0.5) is 0 Å². The largest absolute Gasteiger partial charge is 0.478 e. The molecule has 0 bridgehead atoms. The topological polar surface area (TPSA) is 63.6 Å². The molecule has 0 aliphatic carbocycles. The molecule has 0 heterocycles. The van der Waals surface area contributed by atoms with Crippen molar-refractivity contribution in [3.05, 3.63) is 23.8 Å². The summed E-state index contributed by atoms with van der Waals surface area (Å²) in [6.07, 6.45) is 1.78. The Balaban J connectivity index is 3.10. The molecule has 0 atom stereocenters. The van der Waals surface area contributed by atoms with Crippen LogP contribution in [-0.4, -0.2) is 23.3 Å². The van der Waals surface area contributed by atoms with Gasteiger partial charge >= 0.3 is 11.9 Å². The van der Waals surface area contributed by atoms with Gasteiger partial charge in [-0.1, -0.05) is 0 Å². The molecule has 0 aliphatic rings. The second-order valence-corrected chi connectivity index (χ2v) is 3.61. The number of carbonyl (C=O) groups is 2. The number of hydrogen-bond donors (Lipinski definition) is 1. The summed E-state index contributed by atoms with van der Waals surface area (Å²) in [5.41, 5.74) is 0.140. The quantitative estimate of drug-likeness (QED) is 0.485. The van der Waals surface area contributed by atoms with E-state index < -0.39 is 11.9 Å². The van der Waals surface area contributed by atoms with Crippen LogP contribution in [0.3, 0.4) is 0 Å². The lowest BCUT2D eigenvalue weighted by molar-refractivity contribution is -0.131. The Bertz CT molecular complexity index is 400. The molecule has 1 N–H and O–H groups in total. The van der Waals surface area contributed by atoms with E-state index in [0.29, 0.717) is 4.90 Å². The molecule has 0 unspecified atom stereocenters. The van der Waals surface area contributed by atoms with Gasteiger partial charge in [-0.3, -0.25) is 4.79 Å². The zero-order valence-corrected chi connectivity index (χ0v) is 9.13. The van der Waals surface area contributed by atoms with Crippen molar-refractivity contribution in [2.75, 3.05) is 6.26 Å². The van der Waals surface area contributed by atoms with Gasteiger partial charge in [0.25, 0.3) is 0 Å². The summed E-state index contributed by atoms with van der Waals surface area (Å²) >= 11 is 1.33. The van der Waals surface area contributed by atoms with Crippen LogP contribution in [0.2, 0.25) is 0 Å². The molecular weight excluding hydrogens is 216 g/mol. The van der Waals surface area contributed by atoms with Crippen LogP contribution in [0.25, 0.3) is 0 Å². The fraction of sp³-hybridized carbons (Fsp3) is 0.200. The van der Waals surface area contributed by atoms with Gasteiger partial charge in [-0.2, -0.15) is 0 Å². The highest BCUT2D eigenvalue weighted by Crippen LogP contribution is 2.25. The maximum absolute atomic E-state index is 10.9. The van der Waals surface area contributed by atoms with E-state index in [1.165, 1.54) is 24.8 Å². The third kappa shape index (κ3) is 2.99. The molecule has 0 aromatic heterocycles. The first-order chi connectivity index (χ1) is 7.04. The van der Waals surface area contributed by atoms with Gasteiger partial charge in [-0.25, -0.2) is 4.79 Å². The molecule has 1 aromatic rings. The monoisotopic (exact) mass is 226 g/mol. The minimum Gasteiger partial charge on any atom is -0.478 e. The van der Waals surface area contributed by atoms with Crippen LogP contribution >= 0.6 is 11.8 Å². The molecule has 0 amide bonds. The van der Waals surface area contributed by atoms with Crippen LogP contribution in [0, 0.1) is 0 Å². The molecule has 0 saturated heterocycles. The third-order valence-corrected chi connectivity index (χ3v) is 2.46. The smallest absolute Gasteiger partial charge is 0.336 e. The van der Waals surface area contributed by atoms with Crippen molar-refractivity contribution in [1.29, 1.82) is 0 Å². The van der Waals surface area contributed by atoms with Crippen molar-refractivity contribution >= 4 is 23.7 Å². The summed E-state index contributed by atoms with van der Waals surface area (Å²) in [5.74, 6) is -1.26. The van der Waals surface area contributed by atoms with E-state index in [1.54, 1.807) is 18.4 Å². The minimum absolute atomic E-state index is 0.140. The van der Waals surface area contributed by atoms with Gasteiger partial charge in [0.1, 0.15) is 5.75 Å². The van der Waals surface area contributed by atoms with Crippen molar-refractivity contribution in [2.24, 2.45) is 0 Å². The van der Waals surface area contributed by atoms with E-state index >= 15 is 0 Å². The molecule has 80 valence electrons. The number of thioether (sulfide) groups is 1. The number of ether oxygens (including phenoxy) is 1. The average Bonchev–Trinajstić information content (AvgIpc) is 2.16. The Morgan fingerprint density at radius 3 is 2.53 bits per heavy atom.